The molecular weight excluding hydrogens is 361 g/mol. The van der Waals surface area contributed by atoms with Crippen LogP contribution in [-0.4, -0.2) is 37.9 Å². The number of carbonyl (C=O) groups excluding carboxylic acids is 1. The Bertz CT molecular complexity index is 903. The predicted octanol–water partition coefficient (Wildman–Crippen LogP) is 2.45. The van der Waals surface area contributed by atoms with Crippen molar-refractivity contribution in [2.45, 2.75) is 44.3 Å². The van der Waals surface area contributed by atoms with Crippen LogP contribution < -0.4 is 5.32 Å². The number of carbonyl (C=O) groups is 1. The van der Waals surface area contributed by atoms with E-state index in [-0.39, 0.29) is 24.0 Å². The summed E-state index contributed by atoms with van der Waals surface area (Å²) in [7, 11) is 0. The minimum atomic E-state index is -4.46. The van der Waals surface area contributed by atoms with Crippen molar-refractivity contribution < 1.29 is 23.1 Å². The number of halogens is 3. The summed E-state index contributed by atoms with van der Waals surface area (Å²) in [6, 6.07) is 2.23. The molecule has 0 saturated heterocycles. The second kappa shape index (κ2) is 5.79. The average Bonchev–Trinajstić information content (AvgIpc) is 3.10. The molecule has 1 fully saturated rings. The molecule has 0 bridgehead atoms. The first-order chi connectivity index (χ1) is 12.6. The molecule has 0 unspecified atom stereocenters. The van der Waals surface area contributed by atoms with Crippen LogP contribution in [0.5, 0.6) is 0 Å². The van der Waals surface area contributed by atoms with Crippen molar-refractivity contribution >= 4 is 5.91 Å². The third-order valence-electron chi connectivity index (χ3n) is 5.12. The molecule has 2 atom stereocenters. The van der Waals surface area contributed by atoms with Crippen molar-refractivity contribution in [2.75, 3.05) is 6.61 Å². The summed E-state index contributed by atoms with van der Waals surface area (Å²) in [5.74, 6) is 0.574. The van der Waals surface area contributed by atoms with Crippen LogP contribution in [0.3, 0.4) is 0 Å². The van der Waals surface area contributed by atoms with E-state index in [1.54, 1.807) is 13.8 Å². The standard InChI is InChI=1S/C18H19F3N4O2/c1-17(2,8-26)23-16(27)14-12-6-9-5-11(9)15(12)25(24-14)13-4-3-10(7-22-13)18(19,20)21/h3-4,7,9,11,26H,5-6,8H2,1-2H3,(H,23,27)/t9-,11-/m1/s1. The maximum atomic E-state index is 12.8. The second-order valence-corrected chi connectivity index (χ2v) is 7.83. The summed E-state index contributed by atoms with van der Waals surface area (Å²) in [4.78, 5) is 16.6. The molecule has 2 heterocycles. The summed E-state index contributed by atoms with van der Waals surface area (Å²) in [5.41, 5.74) is 0.299. The van der Waals surface area contributed by atoms with E-state index in [0.29, 0.717) is 5.92 Å². The molecule has 2 aliphatic carbocycles. The summed E-state index contributed by atoms with van der Waals surface area (Å²) < 4.78 is 39.8. The predicted molar refractivity (Wildman–Crippen MR) is 89.5 cm³/mol. The summed E-state index contributed by atoms with van der Waals surface area (Å²) >= 11 is 0. The lowest BCUT2D eigenvalue weighted by Gasteiger charge is -2.23. The SMILES string of the molecule is CC(C)(CO)NC(=O)c1nn(-c2ccc(C(F)(F)F)cn2)c2c1C[C@H]1C[C@@H]21. The van der Waals surface area contributed by atoms with Gasteiger partial charge in [0.25, 0.3) is 5.91 Å². The van der Waals surface area contributed by atoms with Crippen molar-refractivity contribution in [1.29, 1.82) is 0 Å². The Hall–Kier alpha value is -2.42. The number of fused-ring (bicyclic) bond motifs is 3. The third kappa shape index (κ3) is 3.09. The number of amides is 1. The topological polar surface area (TPSA) is 80.0 Å². The number of nitrogens with zero attached hydrogens (tertiary/aromatic N) is 3. The Morgan fingerprint density at radius 2 is 2.11 bits per heavy atom. The highest BCUT2D eigenvalue weighted by atomic mass is 19.4. The zero-order valence-electron chi connectivity index (χ0n) is 14.8. The largest absolute Gasteiger partial charge is 0.417 e. The highest BCUT2D eigenvalue weighted by Gasteiger charge is 2.50. The molecule has 0 aliphatic heterocycles. The highest BCUT2D eigenvalue weighted by Crippen LogP contribution is 2.57. The van der Waals surface area contributed by atoms with Gasteiger partial charge in [-0.3, -0.25) is 4.79 Å². The Morgan fingerprint density at radius 3 is 2.70 bits per heavy atom. The molecule has 2 N–H and O–H groups in total. The molecule has 2 aliphatic rings. The zero-order chi connectivity index (χ0) is 19.6. The molecule has 27 heavy (non-hydrogen) atoms. The lowest BCUT2D eigenvalue weighted by molar-refractivity contribution is -0.137. The van der Waals surface area contributed by atoms with Gasteiger partial charge in [-0.2, -0.15) is 18.3 Å². The van der Waals surface area contributed by atoms with Gasteiger partial charge in [-0.1, -0.05) is 0 Å². The molecule has 0 aromatic carbocycles. The van der Waals surface area contributed by atoms with E-state index >= 15 is 0 Å². The Morgan fingerprint density at radius 1 is 1.37 bits per heavy atom. The van der Waals surface area contributed by atoms with Crippen LogP contribution >= 0.6 is 0 Å². The molecule has 2 aromatic rings. The molecular formula is C18H19F3N4O2. The van der Waals surface area contributed by atoms with Crippen molar-refractivity contribution in [1.82, 2.24) is 20.1 Å². The number of nitrogens with one attached hydrogen (secondary N) is 1. The van der Waals surface area contributed by atoms with Gasteiger partial charge in [-0.25, -0.2) is 9.67 Å². The fraction of sp³-hybridized carbons (Fsp3) is 0.500. The number of rotatable bonds is 4. The van der Waals surface area contributed by atoms with E-state index in [2.05, 4.69) is 15.4 Å². The monoisotopic (exact) mass is 380 g/mol. The number of pyridine rings is 1. The first-order valence-corrected chi connectivity index (χ1v) is 8.69. The van der Waals surface area contributed by atoms with Gasteiger partial charge < -0.3 is 10.4 Å². The van der Waals surface area contributed by atoms with Crippen LogP contribution in [0.1, 0.15) is 53.5 Å². The Balaban J connectivity index is 1.72. The van der Waals surface area contributed by atoms with Crippen molar-refractivity contribution in [3.8, 4) is 5.82 Å². The van der Waals surface area contributed by atoms with Gasteiger partial charge in [-0.15, -0.1) is 0 Å². The van der Waals surface area contributed by atoms with E-state index in [1.807, 2.05) is 0 Å². The van der Waals surface area contributed by atoms with Crippen LogP contribution in [0.2, 0.25) is 0 Å². The van der Waals surface area contributed by atoms with Gasteiger partial charge in [0.05, 0.1) is 23.4 Å². The Kier molecular flexibility index (Phi) is 3.85. The minimum absolute atomic E-state index is 0.229. The van der Waals surface area contributed by atoms with E-state index in [9.17, 15) is 23.1 Å². The number of hydrogen-bond donors (Lipinski definition) is 2. The summed E-state index contributed by atoms with van der Waals surface area (Å²) in [6.07, 6.45) is -1.97. The number of aromatic nitrogens is 3. The van der Waals surface area contributed by atoms with Crippen LogP contribution in [0, 0.1) is 5.92 Å². The lowest BCUT2D eigenvalue weighted by atomic mass is 10.1. The van der Waals surface area contributed by atoms with Gasteiger partial charge in [0.15, 0.2) is 11.5 Å². The molecule has 1 amide bonds. The van der Waals surface area contributed by atoms with Crippen LogP contribution in [-0.2, 0) is 12.6 Å². The molecule has 0 spiro atoms. The van der Waals surface area contributed by atoms with Crippen LogP contribution in [0.15, 0.2) is 18.3 Å². The van der Waals surface area contributed by atoms with Gasteiger partial charge in [0.1, 0.15) is 0 Å². The molecule has 6 nitrogen and oxygen atoms in total. The van der Waals surface area contributed by atoms with Gasteiger partial charge in [0, 0.05) is 17.7 Å². The number of alkyl halides is 3. The number of hydrogen-bond acceptors (Lipinski definition) is 4. The molecule has 2 aromatic heterocycles. The first-order valence-electron chi connectivity index (χ1n) is 8.69. The normalized spacial score (nSPS) is 21.0. The first kappa shape index (κ1) is 18.0. The lowest BCUT2D eigenvalue weighted by Crippen LogP contribution is -2.46. The third-order valence-corrected chi connectivity index (χ3v) is 5.12. The van der Waals surface area contributed by atoms with Crippen molar-refractivity contribution in [3.05, 3.63) is 40.8 Å². The smallest absolute Gasteiger partial charge is 0.394 e. The Labute approximate surface area is 153 Å². The second-order valence-electron chi connectivity index (χ2n) is 7.83. The van der Waals surface area contributed by atoms with Crippen molar-refractivity contribution in [3.63, 3.8) is 0 Å². The minimum Gasteiger partial charge on any atom is -0.394 e. The fourth-order valence-corrected chi connectivity index (χ4v) is 3.56. The van der Waals surface area contributed by atoms with Crippen LogP contribution in [0.4, 0.5) is 13.2 Å². The molecule has 0 radical (unpaired) electrons. The molecule has 4 rings (SSSR count). The summed E-state index contributed by atoms with van der Waals surface area (Å²) in [6.45, 7) is 3.15. The van der Waals surface area contributed by atoms with E-state index in [0.717, 1.165) is 36.4 Å². The maximum absolute atomic E-state index is 12.8. The molecule has 1 saturated carbocycles. The zero-order valence-corrected chi connectivity index (χ0v) is 14.8. The molecule has 144 valence electrons. The van der Waals surface area contributed by atoms with Crippen molar-refractivity contribution in [2.24, 2.45) is 5.92 Å². The average molecular weight is 380 g/mol. The maximum Gasteiger partial charge on any atom is 0.417 e. The van der Waals surface area contributed by atoms with Crippen LogP contribution in [0.25, 0.3) is 5.82 Å². The van der Waals surface area contributed by atoms with Gasteiger partial charge >= 0.3 is 6.18 Å². The number of aliphatic hydroxyl groups excluding tert-OH is 1. The quantitative estimate of drug-likeness (QED) is 0.854. The van der Waals surface area contributed by atoms with Gasteiger partial charge in [-0.05, 0) is 44.7 Å². The fourth-order valence-electron chi connectivity index (χ4n) is 3.56. The number of aliphatic hydroxyl groups is 1. The van der Waals surface area contributed by atoms with E-state index in [1.165, 1.54) is 10.7 Å². The van der Waals surface area contributed by atoms with Gasteiger partial charge in [0.2, 0.25) is 0 Å². The molecule has 9 heteroatoms. The van der Waals surface area contributed by atoms with E-state index in [4.69, 9.17) is 0 Å². The van der Waals surface area contributed by atoms with E-state index < -0.39 is 23.2 Å². The summed E-state index contributed by atoms with van der Waals surface area (Å²) in [5, 5.41) is 16.5. The highest BCUT2D eigenvalue weighted by molar-refractivity contribution is 5.95.